The highest BCUT2D eigenvalue weighted by molar-refractivity contribution is 5.76. The average Bonchev–Trinajstić information content (AvgIpc) is 2.45. The molecule has 0 aromatic heterocycles. The molecule has 3 nitrogen and oxygen atoms in total. The van der Waals surface area contributed by atoms with Crippen molar-refractivity contribution in [2.75, 3.05) is 25.5 Å². The summed E-state index contributed by atoms with van der Waals surface area (Å²) in [7, 11) is 4.07. The molecule has 21 heavy (non-hydrogen) atoms. The molecule has 1 amide bonds. The predicted octanol–water partition coefficient (Wildman–Crippen LogP) is 3.93. The van der Waals surface area contributed by atoms with Crippen LogP contribution in [0.25, 0.3) is 0 Å². The molecule has 1 rings (SSSR count). The first-order valence-corrected chi connectivity index (χ1v) is 8.01. The number of hydrogen-bond acceptors (Lipinski definition) is 2. The maximum atomic E-state index is 12.4. The quantitative estimate of drug-likeness (QED) is 0.724. The molecule has 3 heteroatoms. The van der Waals surface area contributed by atoms with Gasteiger partial charge in [-0.15, -0.1) is 0 Å². The van der Waals surface area contributed by atoms with Gasteiger partial charge in [-0.1, -0.05) is 38.8 Å². The molecule has 0 aliphatic heterocycles. The van der Waals surface area contributed by atoms with E-state index in [0.29, 0.717) is 18.9 Å². The van der Waals surface area contributed by atoms with Crippen LogP contribution in [0.1, 0.15) is 45.6 Å². The van der Waals surface area contributed by atoms with Gasteiger partial charge in [-0.3, -0.25) is 4.79 Å². The third-order valence-electron chi connectivity index (χ3n) is 3.87. The molecular weight excluding hydrogens is 260 g/mol. The summed E-state index contributed by atoms with van der Waals surface area (Å²) in [5, 5.41) is 0. The molecule has 1 aromatic carbocycles. The van der Waals surface area contributed by atoms with Crippen LogP contribution in [0.15, 0.2) is 24.3 Å². The first-order chi connectivity index (χ1) is 9.97. The molecule has 0 aliphatic carbocycles. The van der Waals surface area contributed by atoms with Crippen LogP contribution in [0, 0.1) is 5.92 Å². The summed E-state index contributed by atoms with van der Waals surface area (Å²) in [4.78, 5) is 16.4. The number of amides is 1. The van der Waals surface area contributed by atoms with Crippen LogP contribution in [0.2, 0.25) is 0 Å². The smallest absolute Gasteiger partial charge is 0.223 e. The van der Waals surface area contributed by atoms with Crippen LogP contribution in [-0.2, 0) is 11.3 Å². The Bertz CT molecular complexity index is 425. The Morgan fingerprint density at radius 3 is 2.24 bits per heavy atom. The van der Waals surface area contributed by atoms with Crippen LogP contribution < -0.4 is 4.90 Å². The van der Waals surface area contributed by atoms with Crippen LogP contribution in [0.4, 0.5) is 5.69 Å². The van der Waals surface area contributed by atoms with E-state index in [-0.39, 0.29) is 5.91 Å². The van der Waals surface area contributed by atoms with Crippen molar-refractivity contribution < 1.29 is 4.79 Å². The van der Waals surface area contributed by atoms with Gasteiger partial charge < -0.3 is 9.80 Å². The highest BCUT2D eigenvalue weighted by Gasteiger charge is 2.15. The SMILES string of the molecule is CCCC(C)CC(=O)N(CC)Cc1ccc(N(C)C)cc1. The molecule has 0 fully saturated rings. The lowest BCUT2D eigenvalue weighted by molar-refractivity contribution is -0.132. The third-order valence-corrected chi connectivity index (χ3v) is 3.87. The molecule has 1 aromatic rings. The van der Waals surface area contributed by atoms with Gasteiger partial charge >= 0.3 is 0 Å². The van der Waals surface area contributed by atoms with Gasteiger partial charge in [-0.2, -0.15) is 0 Å². The Hall–Kier alpha value is -1.51. The standard InChI is InChI=1S/C18H30N2O/c1-6-8-15(3)13-18(21)20(7-2)14-16-9-11-17(12-10-16)19(4)5/h9-12,15H,6-8,13-14H2,1-5H3. The van der Waals surface area contributed by atoms with Gasteiger partial charge in [-0.05, 0) is 30.5 Å². The van der Waals surface area contributed by atoms with Crippen LogP contribution >= 0.6 is 0 Å². The Morgan fingerprint density at radius 2 is 1.76 bits per heavy atom. The zero-order chi connectivity index (χ0) is 15.8. The van der Waals surface area contributed by atoms with E-state index in [1.165, 1.54) is 11.3 Å². The summed E-state index contributed by atoms with van der Waals surface area (Å²) in [5.41, 5.74) is 2.38. The molecule has 0 radical (unpaired) electrons. The second-order valence-corrected chi connectivity index (χ2v) is 6.07. The zero-order valence-corrected chi connectivity index (χ0v) is 14.2. The largest absolute Gasteiger partial charge is 0.378 e. The molecule has 1 atom stereocenters. The molecule has 0 bridgehead atoms. The van der Waals surface area contributed by atoms with E-state index in [9.17, 15) is 4.79 Å². The van der Waals surface area contributed by atoms with Crippen LogP contribution in [0.3, 0.4) is 0 Å². The minimum Gasteiger partial charge on any atom is -0.378 e. The molecule has 0 spiro atoms. The minimum absolute atomic E-state index is 0.273. The second-order valence-electron chi connectivity index (χ2n) is 6.07. The van der Waals surface area contributed by atoms with Crippen molar-refractivity contribution in [2.24, 2.45) is 5.92 Å². The lowest BCUT2D eigenvalue weighted by Crippen LogP contribution is -2.31. The van der Waals surface area contributed by atoms with Gasteiger partial charge in [-0.25, -0.2) is 0 Å². The van der Waals surface area contributed by atoms with E-state index in [1.54, 1.807) is 0 Å². The van der Waals surface area contributed by atoms with Crippen molar-refractivity contribution >= 4 is 11.6 Å². The Labute approximate surface area is 129 Å². The molecule has 0 saturated heterocycles. The van der Waals surface area contributed by atoms with Crippen molar-refractivity contribution in [1.82, 2.24) is 4.90 Å². The summed E-state index contributed by atoms with van der Waals surface area (Å²) in [6, 6.07) is 8.43. The van der Waals surface area contributed by atoms with Crippen molar-refractivity contribution in [1.29, 1.82) is 0 Å². The van der Waals surface area contributed by atoms with E-state index in [4.69, 9.17) is 0 Å². The Morgan fingerprint density at radius 1 is 1.14 bits per heavy atom. The predicted molar refractivity (Wildman–Crippen MR) is 90.5 cm³/mol. The fourth-order valence-corrected chi connectivity index (χ4v) is 2.52. The number of nitrogens with zero attached hydrogens (tertiary/aromatic N) is 2. The monoisotopic (exact) mass is 290 g/mol. The molecule has 0 saturated carbocycles. The lowest BCUT2D eigenvalue weighted by atomic mass is 10.0. The first-order valence-electron chi connectivity index (χ1n) is 8.01. The first kappa shape index (κ1) is 17.5. The highest BCUT2D eigenvalue weighted by atomic mass is 16.2. The van der Waals surface area contributed by atoms with E-state index >= 15 is 0 Å². The summed E-state index contributed by atoms with van der Waals surface area (Å²) in [6.45, 7) is 7.87. The summed E-state index contributed by atoms with van der Waals surface area (Å²) in [6.07, 6.45) is 2.94. The number of hydrogen-bond donors (Lipinski definition) is 0. The van der Waals surface area contributed by atoms with Gasteiger partial charge in [0.15, 0.2) is 0 Å². The van der Waals surface area contributed by atoms with Gasteiger partial charge in [0.25, 0.3) is 0 Å². The van der Waals surface area contributed by atoms with E-state index in [0.717, 1.165) is 19.4 Å². The fraction of sp³-hybridized carbons (Fsp3) is 0.611. The fourth-order valence-electron chi connectivity index (χ4n) is 2.52. The highest BCUT2D eigenvalue weighted by Crippen LogP contribution is 2.16. The number of benzene rings is 1. The molecule has 0 N–H and O–H groups in total. The molecule has 0 aliphatic rings. The van der Waals surface area contributed by atoms with E-state index in [1.807, 2.05) is 19.0 Å². The van der Waals surface area contributed by atoms with Gasteiger partial charge in [0.2, 0.25) is 5.91 Å². The van der Waals surface area contributed by atoms with E-state index in [2.05, 4.69) is 49.9 Å². The van der Waals surface area contributed by atoms with Gasteiger partial charge in [0, 0.05) is 39.3 Å². The zero-order valence-electron chi connectivity index (χ0n) is 14.2. The summed E-state index contributed by atoms with van der Waals surface area (Å²) >= 11 is 0. The van der Waals surface area contributed by atoms with Crippen LogP contribution in [0.5, 0.6) is 0 Å². The maximum absolute atomic E-state index is 12.4. The summed E-state index contributed by atoms with van der Waals surface area (Å²) in [5.74, 6) is 0.753. The molecular formula is C18H30N2O. The number of carbonyl (C=O) groups excluding carboxylic acids is 1. The average molecular weight is 290 g/mol. The van der Waals surface area contributed by atoms with Crippen molar-refractivity contribution in [3.63, 3.8) is 0 Å². The van der Waals surface area contributed by atoms with Gasteiger partial charge in [0.1, 0.15) is 0 Å². The van der Waals surface area contributed by atoms with Gasteiger partial charge in [0.05, 0.1) is 0 Å². The van der Waals surface area contributed by atoms with Crippen LogP contribution in [-0.4, -0.2) is 31.4 Å². The molecule has 0 heterocycles. The lowest BCUT2D eigenvalue weighted by Gasteiger charge is -2.23. The van der Waals surface area contributed by atoms with Crippen molar-refractivity contribution in [2.45, 2.75) is 46.6 Å². The maximum Gasteiger partial charge on any atom is 0.223 e. The normalized spacial score (nSPS) is 12.0. The number of carbonyl (C=O) groups is 1. The number of anilines is 1. The van der Waals surface area contributed by atoms with Crippen molar-refractivity contribution in [3.05, 3.63) is 29.8 Å². The molecule has 1 unspecified atom stereocenters. The Kier molecular flexibility index (Phi) is 7.27. The Balaban J connectivity index is 2.62. The topological polar surface area (TPSA) is 23.6 Å². The summed E-state index contributed by atoms with van der Waals surface area (Å²) < 4.78 is 0. The second kappa shape index (κ2) is 8.71. The van der Waals surface area contributed by atoms with E-state index < -0.39 is 0 Å². The minimum atomic E-state index is 0.273. The molecule has 118 valence electrons. The van der Waals surface area contributed by atoms with Crippen molar-refractivity contribution in [3.8, 4) is 0 Å². The number of rotatable bonds is 8. The third kappa shape index (κ3) is 5.78.